The van der Waals surface area contributed by atoms with Crippen LogP contribution < -0.4 is 10.2 Å². The molecule has 1 amide bonds. The molecular weight excluding hydrogens is 286 g/mol. The van der Waals surface area contributed by atoms with E-state index in [1.807, 2.05) is 41.3 Å². The Bertz CT molecular complexity index is 669. The number of pyridine rings is 1. The normalized spacial score (nSPS) is 16.8. The zero-order chi connectivity index (χ0) is 16.2. The highest BCUT2D eigenvalue weighted by molar-refractivity contribution is 5.97. The van der Waals surface area contributed by atoms with Gasteiger partial charge < -0.3 is 10.2 Å². The van der Waals surface area contributed by atoms with Gasteiger partial charge in [0.25, 0.3) is 0 Å². The summed E-state index contributed by atoms with van der Waals surface area (Å²) < 4.78 is 0. The molecule has 1 aliphatic rings. The molecule has 1 N–H and O–H groups in total. The summed E-state index contributed by atoms with van der Waals surface area (Å²) in [6, 6.07) is 12.3. The lowest BCUT2D eigenvalue weighted by atomic mass is 9.99. The Morgan fingerprint density at radius 2 is 2.00 bits per heavy atom. The van der Waals surface area contributed by atoms with Crippen molar-refractivity contribution < 1.29 is 4.79 Å². The van der Waals surface area contributed by atoms with Crippen molar-refractivity contribution in [3.8, 4) is 0 Å². The minimum absolute atomic E-state index is 0.182. The van der Waals surface area contributed by atoms with Crippen molar-refractivity contribution in [1.29, 1.82) is 0 Å². The van der Waals surface area contributed by atoms with Crippen molar-refractivity contribution in [3.63, 3.8) is 0 Å². The topological polar surface area (TPSA) is 45.2 Å². The Morgan fingerprint density at radius 3 is 2.74 bits per heavy atom. The summed E-state index contributed by atoms with van der Waals surface area (Å²) >= 11 is 0. The van der Waals surface area contributed by atoms with Crippen LogP contribution in [0.1, 0.15) is 25.8 Å². The van der Waals surface area contributed by atoms with Crippen LogP contribution in [0.3, 0.4) is 0 Å². The number of anilines is 2. The molecule has 23 heavy (non-hydrogen) atoms. The number of carbonyl (C=O) groups is 1. The van der Waals surface area contributed by atoms with Gasteiger partial charge in [0, 0.05) is 31.4 Å². The van der Waals surface area contributed by atoms with E-state index in [0.717, 1.165) is 29.9 Å². The number of amides is 1. The maximum atomic E-state index is 12.8. The SMILES string of the molecule is CC(C)[C@H]1CN(C(=O)CCc2ccncc2)c2ccccc2N1. The fourth-order valence-electron chi connectivity index (χ4n) is 2.92. The van der Waals surface area contributed by atoms with Crippen LogP contribution in [0.5, 0.6) is 0 Å². The molecule has 120 valence electrons. The fraction of sp³-hybridized carbons (Fsp3) is 0.368. The molecule has 4 nitrogen and oxygen atoms in total. The number of nitrogens with one attached hydrogen (secondary N) is 1. The lowest BCUT2D eigenvalue weighted by molar-refractivity contribution is -0.118. The van der Waals surface area contributed by atoms with Crippen LogP contribution in [0.15, 0.2) is 48.8 Å². The molecule has 2 aromatic rings. The van der Waals surface area contributed by atoms with Gasteiger partial charge in [-0.3, -0.25) is 9.78 Å². The number of hydrogen-bond donors (Lipinski definition) is 1. The first-order valence-corrected chi connectivity index (χ1v) is 8.20. The van der Waals surface area contributed by atoms with E-state index in [1.54, 1.807) is 12.4 Å². The first kappa shape index (κ1) is 15.5. The van der Waals surface area contributed by atoms with Crippen LogP contribution in [0.25, 0.3) is 0 Å². The van der Waals surface area contributed by atoms with Gasteiger partial charge in [0.1, 0.15) is 0 Å². The maximum absolute atomic E-state index is 12.8. The van der Waals surface area contributed by atoms with E-state index in [1.165, 1.54) is 0 Å². The quantitative estimate of drug-likeness (QED) is 0.940. The summed E-state index contributed by atoms with van der Waals surface area (Å²) in [4.78, 5) is 18.7. The molecular formula is C19H23N3O. The molecule has 1 aromatic heterocycles. The van der Waals surface area contributed by atoms with Crippen LogP contribution in [0, 0.1) is 5.92 Å². The van der Waals surface area contributed by atoms with E-state index in [-0.39, 0.29) is 11.9 Å². The van der Waals surface area contributed by atoms with Gasteiger partial charge in [0.15, 0.2) is 0 Å². The fourth-order valence-corrected chi connectivity index (χ4v) is 2.92. The molecule has 1 aromatic carbocycles. The summed E-state index contributed by atoms with van der Waals surface area (Å²) in [6.07, 6.45) is 4.81. The van der Waals surface area contributed by atoms with Gasteiger partial charge in [-0.2, -0.15) is 0 Å². The number of aromatic nitrogens is 1. The molecule has 3 rings (SSSR count). The van der Waals surface area contributed by atoms with Gasteiger partial charge in [-0.15, -0.1) is 0 Å². The first-order chi connectivity index (χ1) is 11.1. The van der Waals surface area contributed by atoms with Crippen molar-refractivity contribution in [2.24, 2.45) is 5.92 Å². The van der Waals surface area contributed by atoms with E-state index in [9.17, 15) is 4.79 Å². The maximum Gasteiger partial charge on any atom is 0.227 e. The monoisotopic (exact) mass is 309 g/mol. The van der Waals surface area contributed by atoms with E-state index in [4.69, 9.17) is 0 Å². The number of para-hydroxylation sites is 2. The number of benzene rings is 1. The summed E-state index contributed by atoms with van der Waals surface area (Å²) in [6.45, 7) is 5.10. The van der Waals surface area contributed by atoms with E-state index >= 15 is 0 Å². The van der Waals surface area contributed by atoms with Crippen molar-refractivity contribution in [3.05, 3.63) is 54.4 Å². The van der Waals surface area contributed by atoms with Crippen molar-refractivity contribution in [2.75, 3.05) is 16.8 Å². The van der Waals surface area contributed by atoms with Gasteiger partial charge in [-0.05, 0) is 42.2 Å². The van der Waals surface area contributed by atoms with Crippen molar-refractivity contribution in [1.82, 2.24) is 4.98 Å². The third-order valence-electron chi connectivity index (χ3n) is 4.40. The molecule has 0 saturated heterocycles. The summed E-state index contributed by atoms with van der Waals surface area (Å²) in [5, 5.41) is 3.55. The van der Waals surface area contributed by atoms with Gasteiger partial charge in [-0.1, -0.05) is 26.0 Å². The van der Waals surface area contributed by atoms with Crippen LogP contribution in [0.2, 0.25) is 0 Å². The molecule has 0 bridgehead atoms. The van der Waals surface area contributed by atoms with Crippen molar-refractivity contribution >= 4 is 17.3 Å². The van der Waals surface area contributed by atoms with Gasteiger partial charge in [0.2, 0.25) is 5.91 Å². The molecule has 2 heterocycles. The molecule has 0 spiro atoms. The molecule has 0 fully saturated rings. The van der Waals surface area contributed by atoms with Gasteiger partial charge >= 0.3 is 0 Å². The van der Waals surface area contributed by atoms with E-state index < -0.39 is 0 Å². The number of hydrogen-bond acceptors (Lipinski definition) is 3. The lowest BCUT2D eigenvalue weighted by Gasteiger charge is -2.37. The predicted octanol–water partition coefficient (Wildman–Crippen LogP) is 3.50. The standard InChI is InChI=1S/C19H23N3O/c1-14(2)17-13-22(18-6-4-3-5-16(18)21-17)19(23)8-7-15-9-11-20-12-10-15/h3-6,9-12,14,17,21H,7-8,13H2,1-2H3/t17-/m1/s1. The van der Waals surface area contributed by atoms with Crippen LogP contribution in [0.4, 0.5) is 11.4 Å². The van der Waals surface area contributed by atoms with Gasteiger partial charge in [0.05, 0.1) is 11.4 Å². The Kier molecular flexibility index (Phi) is 4.60. The minimum Gasteiger partial charge on any atom is -0.379 e. The number of carbonyl (C=O) groups excluding carboxylic acids is 1. The molecule has 0 radical (unpaired) electrons. The Morgan fingerprint density at radius 1 is 1.26 bits per heavy atom. The van der Waals surface area contributed by atoms with E-state index in [0.29, 0.717) is 12.3 Å². The van der Waals surface area contributed by atoms with Gasteiger partial charge in [-0.25, -0.2) is 0 Å². The first-order valence-electron chi connectivity index (χ1n) is 8.20. The third-order valence-corrected chi connectivity index (χ3v) is 4.40. The molecule has 1 atom stereocenters. The number of rotatable bonds is 4. The highest BCUT2D eigenvalue weighted by Gasteiger charge is 2.28. The predicted molar refractivity (Wildman–Crippen MR) is 93.6 cm³/mol. The number of aryl methyl sites for hydroxylation is 1. The third kappa shape index (κ3) is 3.52. The van der Waals surface area contributed by atoms with Crippen LogP contribution in [-0.4, -0.2) is 23.5 Å². The smallest absolute Gasteiger partial charge is 0.227 e. The molecule has 0 aliphatic carbocycles. The summed E-state index contributed by atoms with van der Waals surface area (Å²) in [7, 11) is 0. The highest BCUT2D eigenvalue weighted by atomic mass is 16.2. The molecule has 1 aliphatic heterocycles. The second-order valence-corrected chi connectivity index (χ2v) is 6.37. The number of fused-ring (bicyclic) bond motifs is 1. The molecule has 4 heteroatoms. The van der Waals surface area contributed by atoms with Crippen LogP contribution in [-0.2, 0) is 11.2 Å². The summed E-state index contributed by atoms with van der Waals surface area (Å²) in [5.41, 5.74) is 3.19. The highest BCUT2D eigenvalue weighted by Crippen LogP contribution is 2.32. The Hall–Kier alpha value is -2.36. The average Bonchev–Trinajstić information content (AvgIpc) is 2.59. The number of nitrogens with zero attached hydrogens (tertiary/aromatic N) is 2. The second-order valence-electron chi connectivity index (χ2n) is 6.37. The van der Waals surface area contributed by atoms with Crippen molar-refractivity contribution in [2.45, 2.75) is 32.7 Å². The average molecular weight is 309 g/mol. The zero-order valence-electron chi connectivity index (χ0n) is 13.7. The minimum atomic E-state index is 0.182. The largest absolute Gasteiger partial charge is 0.379 e. The molecule has 0 saturated carbocycles. The van der Waals surface area contributed by atoms with Crippen LogP contribution >= 0.6 is 0 Å². The second kappa shape index (κ2) is 6.82. The lowest BCUT2D eigenvalue weighted by Crippen LogP contribution is -2.47. The Balaban J connectivity index is 1.76. The molecule has 0 unspecified atom stereocenters. The zero-order valence-corrected chi connectivity index (χ0v) is 13.7. The Labute approximate surface area is 137 Å². The van der Waals surface area contributed by atoms with E-state index in [2.05, 4.69) is 24.1 Å². The summed E-state index contributed by atoms with van der Waals surface area (Å²) in [5.74, 6) is 0.653.